The van der Waals surface area contributed by atoms with Gasteiger partial charge in [0.1, 0.15) is 22.0 Å². The van der Waals surface area contributed by atoms with Gasteiger partial charge in [-0.1, -0.05) is 0 Å². The van der Waals surface area contributed by atoms with Gasteiger partial charge in [0, 0.05) is 19.2 Å². The van der Waals surface area contributed by atoms with Crippen molar-refractivity contribution in [2.24, 2.45) is 0 Å². The molecule has 7 nitrogen and oxygen atoms in total. The third-order valence-corrected chi connectivity index (χ3v) is 5.33. The van der Waals surface area contributed by atoms with Crippen molar-refractivity contribution in [3.05, 3.63) is 17.1 Å². The van der Waals surface area contributed by atoms with E-state index in [1.54, 1.807) is 13.8 Å². The Kier molecular flexibility index (Phi) is 5.54. The predicted octanol–water partition coefficient (Wildman–Crippen LogP) is 1.38. The van der Waals surface area contributed by atoms with E-state index in [0.717, 1.165) is 0 Å². The number of aromatic carboxylic acids is 1. The number of aliphatic hydroxyl groups is 1. The second-order valence-corrected chi connectivity index (χ2v) is 6.84. The Morgan fingerprint density at radius 3 is 2.29 bits per heavy atom. The van der Waals surface area contributed by atoms with Gasteiger partial charge in [-0.25, -0.2) is 13.2 Å². The van der Waals surface area contributed by atoms with Crippen LogP contribution in [-0.2, 0) is 10.0 Å². The average Bonchev–Trinajstić information content (AvgIpc) is 2.64. The molecule has 0 radical (unpaired) electrons. The molecule has 1 aromatic rings. The maximum atomic E-state index is 12.8. The van der Waals surface area contributed by atoms with Crippen molar-refractivity contribution in [1.29, 1.82) is 0 Å². The molecule has 21 heavy (non-hydrogen) atoms. The third kappa shape index (κ3) is 3.45. The van der Waals surface area contributed by atoms with Crippen LogP contribution in [0.3, 0.4) is 0 Å². The summed E-state index contributed by atoms with van der Waals surface area (Å²) in [5.74, 6) is -1.22. The van der Waals surface area contributed by atoms with Gasteiger partial charge in [0.15, 0.2) is 0 Å². The molecule has 0 aliphatic heterocycles. The summed E-state index contributed by atoms with van der Waals surface area (Å²) in [4.78, 5) is 11.0. The van der Waals surface area contributed by atoms with E-state index in [-0.39, 0.29) is 47.6 Å². The lowest BCUT2D eigenvalue weighted by Gasteiger charge is -2.25. The van der Waals surface area contributed by atoms with Crippen LogP contribution in [0.4, 0.5) is 0 Å². The number of carboxylic acid groups (broad SMARTS) is 1. The largest absolute Gasteiger partial charge is 0.478 e. The zero-order valence-corrected chi connectivity index (χ0v) is 13.4. The molecule has 0 fully saturated rings. The summed E-state index contributed by atoms with van der Waals surface area (Å²) in [5, 5.41) is 18.1. The lowest BCUT2D eigenvalue weighted by Crippen LogP contribution is -2.38. The highest BCUT2D eigenvalue weighted by Gasteiger charge is 2.36. The molecular formula is C13H21NO6S. The molecule has 1 aromatic heterocycles. The number of aryl methyl sites for hydroxylation is 2. The number of furan rings is 1. The first kappa shape index (κ1) is 17.7. The molecule has 0 aliphatic rings. The van der Waals surface area contributed by atoms with Crippen LogP contribution in [0, 0.1) is 13.8 Å². The Labute approximate surface area is 124 Å². The van der Waals surface area contributed by atoms with Gasteiger partial charge in [-0.05, 0) is 34.1 Å². The normalized spacial score (nSPS) is 12.3. The second kappa shape index (κ2) is 6.59. The smallest absolute Gasteiger partial charge is 0.340 e. The monoisotopic (exact) mass is 319 g/mol. The van der Waals surface area contributed by atoms with Crippen molar-refractivity contribution in [2.45, 2.75) is 45.1 Å². The van der Waals surface area contributed by atoms with Crippen molar-refractivity contribution < 1.29 is 27.8 Å². The van der Waals surface area contributed by atoms with Crippen LogP contribution in [0.2, 0.25) is 0 Å². The van der Waals surface area contributed by atoms with E-state index in [0.29, 0.717) is 0 Å². The number of hydrogen-bond acceptors (Lipinski definition) is 5. The molecule has 2 N–H and O–H groups in total. The molecule has 0 bridgehead atoms. The van der Waals surface area contributed by atoms with E-state index in [4.69, 9.17) is 9.52 Å². The first-order valence-electron chi connectivity index (χ1n) is 6.60. The van der Waals surface area contributed by atoms with Gasteiger partial charge in [-0.2, -0.15) is 4.31 Å². The Balaban J connectivity index is 3.45. The van der Waals surface area contributed by atoms with Crippen LogP contribution in [0.5, 0.6) is 0 Å². The molecule has 0 spiro atoms. The zero-order chi connectivity index (χ0) is 16.4. The van der Waals surface area contributed by atoms with Crippen molar-refractivity contribution in [1.82, 2.24) is 4.31 Å². The molecule has 120 valence electrons. The number of carbonyl (C=O) groups is 1. The van der Waals surface area contributed by atoms with Crippen LogP contribution in [0.25, 0.3) is 0 Å². The van der Waals surface area contributed by atoms with Gasteiger partial charge in [0.05, 0.1) is 0 Å². The van der Waals surface area contributed by atoms with E-state index in [9.17, 15) is 18.3 Å². The molecule has 0 aromatic carbocycles. The summed E-state index contributed by atoms with van der Waals surface area (Å²) in [6.07, 6.45) is 0.274. The van der Waals surface area contributed by atoms with Crippen molar-refractivity contribution in [2.75, 3.05) is 13.2 Å². The van der Waals surface area contributed by atoms with Crippen LogP contribution >= 0.6 is 0 Å². The van der Waals surface area contributed by atoms with Crippen molar-refractivity contribution in [3.8, 4) is 0 Å². The summed E-state index contributed by atoms with van der Waals surface area (Å²) in [5.41, 5.74) is -0.331. The van der Waals surface area contributed by atoms with Gasteiger partial charge in [0.2, 0.25) is 10.0 Å². The Bertz CT molecular complexity index is 617. The third-order valence-electron chi connectivity index (χ3n) is 3.10. The highest BCUT2D eigenvalue weighted by Crippen LogP contribution is 2.30. The van der Waals surface area contributed by atoms with Gasteiger partial charge >= 0.3 is 5.97 Å². The van der Waals surface area contributed by atoms with E-state index in [1.807, 2.05) is 0 Å². The van der Waals surface area contributed by atoms with Crippen LogP contribution in [0.1, 0.15) is 42.1 Å². The quantitative estimate of drug-likeness (QED) is 0.786. The molecule has 0 atom stereocenters. The van der Waals surface area contributed by atoms with Gasteiger partial charge < -0.3 is 14.6 Å². The molecule has 0 saturated heterocycles. The van der Waals surface area contributed by atoms with Gasteiger partial charge in [-0.15, -0.1) is 0 Å². The minimum Gasteiger partial charge on any atom is -0.478 e. The van der Waals surface area contributed by atoms with Gasteiger partial charge in [0.25, 0.3) is 0 Å². The summed E-state index contributed by atoms with van der Waals surface area (Å²) < 4.78 is 31.9. The lowest BCUT2D eigenvalue weighted by atomic mass is 10.2. The highest BCUT2D eigenvalue weighted by molar-refractivity contribution is 7.89. The van der Waals surface area contributed by atoms with E-state index < -0.39 is 16.0 Å². The first-order valence-corrected chi connectivity index (χ1v) is 8.04. The minimum absolute atomic E-state index is 0.0551. The second-order valence-electron chi connectivity index (χ2n) is 5.01. The topological polar surface area (TPSA) is 108 Å². The van der Waals surface area contributed by atoms with Crippen LogP contribution in [-0.4, -0.2) is 48.1 Å². The minimum atomic E-state index is -4.01. The number of hydrogen-bond donors (Lipinski definition) is 2. The van der Waals surface area contributed by atoms with Gasteiger partial charge in [-0.3, -0.25) is 0 Å². The van der Waals surface area contributed by atoms with Crippen molar-refractivity contribution >= 4 is 16.0 Å². The Hall–Kier alpha value is -1.38. The fourth-order valence-corrected chi connectivity index (χ4v) is 4.27. The molecule has 0 amide bonds. The maximum absolute atomic E-state index is 12.8. The molecule has 0 unspecified atom stereocenters. The van der Waals surface area contributed by atoms with Crippen LogP contribution in [0.15, 0.2) is 9.31 Å². The number of carboxylic acids is 1. The molecule has 0 aliphatic carbocycles. The summed E-state index contributed by atoms with van der Waals surface area (Å²) >= 11 is 0. The number of nitrogens with zero attached hydrogens (tertiary/aromatic N) is 1. The predicted molar refractivity (Wildman–Crippen MR) is 75.9 cm³/mol. The lowest BCUT2D eigenvalue weighted by molar-refractivity contribution is 0.0691. The number of rotatable bonds is 7. The van der Waals surface area contributed by atoms with E-state index in [2.05, 4.69) is 0 Å². The fraction of sp³-hybridized carbons (Fsp3) is 0.615. The fourth-order valence-electron chi connectivity index (χ4n) is 2.22. The average molecular weight is 319 g/mol. The maximum Gasteiger partial charge on any atom is 0.340 e. The van der Waals surface area contributed by atoms with E-state index in [1.165, 1.54) is 18.2 Å². The Morgan fingerprint density at radius 2 is 1.86 bits per heavy atom. The molecule has 0 saturated carbocycles. The summed E-state index contributed by atoms with van der Waals surface area (Å²) in [6.45, 7) is 6.20. The molecule has 1 heterocycles. The summed E-state index contributed by atoms with van der Waals surface area (Å²) in [6, 6.07) is -0.363. The highest BCUT2D eigenvalue weighted by atomic mass is 32.2. The standard InChI is InChI=1S/C13H21NO6S/c1-8(2)14(6-5-7-15)21(18,19)12-10(4)20-9(3)11(12)13(16)17/h8,15H,5-7H2,1-4H3,(H,16,17). The molecule has 8 heteroatoms. The number of aliphatic hydroxyl groups excluding tert-OH is 1. The Morgan fingerprint density at radius 1 is 1.29 bits per heavy atom. The summed E-state index contributed by atoms with van der Waals surface area (Å²) in [7, 11) is -4.01. The molecule has 1 rings (SSSR count). The van der Waals surface area contributed by atoms with E-state index >= 15 is 0 Å². The SMILES string of the molecule is Cc1oc(C)c(S(=O)(=O)N(CCCO)C(C)C)c1C(=O)O. The number of sulfonamides is 1. The van der Waals surface area contributed by atoms with Crippen molar-refractivity contribution in [3.63, 3.8) is 0 Å². The van der Waals surface area contributed by atoms with Crippen LogP contribution < -0.4 is 0 Å². The zero-order valence-electron chi connectivity index (χ0n) is 12.6. The first-order chi connectivity index (χ1) is 9.64. The molecular weight excluding hydrogens is 298 g/mol.